The lowest BCUT2D eigenvalue weighted by molar-refractivity contribution is -0.136. The van der Waals surface area contributed by atoms with Crippen LogP contribution in [0.5, 0.6) is 0 Å². The third kappa shape index (κ3) is 4.96. The molecule has 0 atom stereocenters. The quantitative estimate of drug-likeness (QED) is 0.651. The van der Waals surface area contributed by atoms with Gasteiger partial charge in [0.1, 0.15) is 18.0 Å². The van der Waals surface area contributed by atoms with Gasteiger partial charge in [-0.05, 0) is 0 Å². The Bertz CT molecular complexity index is 386. The van der Waals surface area contributed by atoms with E-state index in [0.29, 0.717) is 31.3 Å². The molecular formula is C11H18N4O3. The van der Waals surface area contributed by atoms with Gasteiger partial charge in [0.05, 0.1) is 13.0 Å². The molecule has 0 aromatic carbocycles. The number of carboxylic acid groups (broad SMARTS) is 1. The van der Waals surface area contributed by atoms with Crippen molar-refractivity contribution in [3.8, 4) is 0 Å². The number of rotatable bonds is 8. The number of aromatic nitrogens is 2. The molecule has 0 aliphatic rings. The second kappa shape index (κ2) is 7.44. The van der Waals surface area contributed by atoms with Gasteiger partial charge in [-0.15, -0.1) is 0 Å². The van der Waals surface area contributed by atoms with Crippen LogP contribution in [-0.4, -0.2) is 54.9 Å². The van der Waals surface area contributed by atoms with E-state index in [-0.39, 0.29) is 6.42 Å². The Kier molecular flexibility index (Phi) is 5.86. The predicted molar refractivity (Wildman–Crippen MR) is 67.9 cm³/mol. The van der Waals surface area contributed by atoms with Crippen molar-refractivity contribution >= 4 is 17.6 Å². The van der Waals surface area contributed by atoms with Crippen molar-refractivity contribution in [2.24, 2.45) is 0 Å². The highest BCUT2D eigenvalue weighted by atomic mass is 16.5. The zero-order valence-corrected chi connectivity index (χ0v) is 10.6. The minimum absolute atomic E-state index is 0.0763. The first kappa shape index (κ1) is 14.2. The molecule has 1 heterocycles. The minimum atomic E-state index is -0.825. The third-order valence-corrected chi connectivity index (χ3v) is 2.32. The summed E-state index contributed by atoms with van der Waals surface area (Å²) in [6.45, 7) is 1.66. The van der Waals surface area contributed by atoms with E-state index in [9.17, 15) is 4.79 Å². The molecule has 7 nitrogen and oxygen atoms in total. The molecule has 0 aliphatic heterocycles. The van der Waals surface area contributed by atoms with Crippen LogP contribution in [0.25, 0.3) is 0 Å². The summed E-state index contributed by atoms with van der Waals surface area (Å²) in [4.78, 5) is 20.4. The van der Waals surface area contributed by atoms with Crippen molar-refractivity contribution in [3.05, 3.63) is 12.4 Å². The smallest absolute Gasteiger partial charge is 0.305 e. The molecule has 1 aromatic rings. The van der Waals surface area contributed by atoms with Gasteiger partial charge in [-0.2, -0.15) is 0 Å². The number of methoxy groups -OCH3 is 1. The van der Waals surface area contributed by atoms with E-state index >= 15 is 0 Å². The lowest BCUT2D eigenvalue weighted by atomic mass is 10.4. The summed E-state index contributed by atoms with van der Waals surface area (Å²) < 4.78 is 4.92. The van der Waals surface area contributed by atoms with E-state index in [1.807, 2.05) is 0 Å². The van der Waals surface area contributed by atoms with Crippen molar-refractivity contribution < 1.29 is 14.6 Å². The van der Waals surface area contributed by atoms with Crippen LogP contribution in [0.4, 0.5) is 11.6 Å². The SMILES string of the molecule is COCCNc1cc(N(C)CCC(=O)O)ncn1. The van der Waals surface area contributed by atoms with Gasteiger partial charge in [0.2, 0.25) is 0 Å². The molecule has 100 valence electrons. The number of ether oxygens (including phenoxy) is 1. The summed E-state index contributed by atoms with van der Waals surface area (Å²) in [6.07, 6.45) is 1.52. The molecule has 0 spiro atoms. The average Bonchev–Trinajstić information content (AvgIpc) is 2.36. The van der Waals surface area contributed by atoms with Crippen LogP contribution in [0.1, 0.15) is 6.42 Å². The Balaban J connectivity index is 2.54. The summed E-state index contributed by atoms with van der Waals surface area (Å²) in [5, 5.41) is 11.7. The van der Waals surface area contributed by atoms with Gasteiger partial charge >= 0.3 is 5.97 Å². The number of carbonyl (C=O) groups is 1. The molecule has 0 unspecified atom stereocenters. The number of anilines is 2. The summed E-state index contributed by atoms with van der Waals surface area (Å²) in [5.41, 5.74) is 0. The monoisotopic (exact) mass is 254 g/mol. The Morgan fingerprint density at radius 3 is 3.00 bits per heavy atom. The first-order valence-electron chi connectivity index (χ1n) is 5.61. The van der Waals surface area contributed by atoms with Crippen LogP contribution in [-0.2, 0) is 9.53 Å². The topological polar surface area (TPSA) is 87.6 Å². The molecule has 1 rings (SSSR count). The van der Waals surface area contributed by atoms with E-state index in [1.54, 1.807) is 25.1 Å². The fourth-order valence-corrected chi connectivity index (χ4v) is 1.31. The van der Waals surface area contributed by atoms with Crippen molar-refractivity contribution in [1.29, 1.82) is 0 Å². The number of hydrogen-bond donors (Lipinski definition) is 2. The van der Waals surface area contributed by atoms with Crippen molar-refractivity contribution in [1.82, 2.24) is 9.97 Å². The zero-order chi connectivity index (χ0) is 13.4. The maximum Gasteiger partial charge on any atom is 0.305 e. The van der Waals surface area contributed by atoms with Gasteiger partial charge in [0.15, 0.2) is 0 Å². The van der Waals surface area contributed by atoms with E-state index in [2.05, 4.69) is 15.3 Å². The second-order valence-electron chi connectivity index (χ2n) is 3.75. The molecule has 0 radical (unpaired) electrons. The average molecular weight is 254 g/mol. The standard InChI is InChI=1S/C11H18N4O3/c1-15(5-3-11(16)17)10-7-9(13-8-14-10)12-4-6-18-2/h7-8H,3-6H2,1-2H3,(H,16,17)(H,12,13,14). The minimum Gasteiger partial charge on any atom is -0.481 e. The fraction of sp³-hybridized carbons (Fsp3) is 0.545. The highest BCUT2D eigenvalue weighted by Crippen LogP contribution is 2.12. The summed E-state index contributed by atoms with van der Waals surface area (Å²) >= 11 is 0. The van der Waals surface area contributed by atoms with Crippen molar-refractivity contribution in [2.45, 2.75) is 6.42 Å². The summed E-state index contributed by atoms with van der Waals surface area (Å²) in [6, 6.07) is 1.78. The lowest BCUT2D eigenvalue weighted by Crippen LogP contribution is -2.22. The molecule has 0 bridgehead atoms. The first-order chi connectivity index (χ1) is 8.63. The second-order valence-corrected chi connectivity index (χ2v) is 3.75. The number of nitrogens with zero attached hydrogens (tertiary/aromatic N) is 3. The van der Waals surface area contributed by atoms with Crippen molar-refractivity contribution in [3.63, 3.8) is 0 Å². The van der Waals surface area contributed by atoms with Crippen LogP contribution in [0, 0.1) is 0 Å². The van der Waals surface area contributed by atoms with Gasteiger partial charge in [-0.1, -0.05) is 0 Å². The Morgan fingerprint density at radius 2 is 2.33 bits per heavy atom. The largest absolute Gasteiger partial charge is 0.481 e. The molecule has 0 aliphatic carbocycles. The van der Waals surface area contributed by atoms with Crippen LogP contribution in [0.2, 0.25) is 0 Å². The third-order valence-electron chi connectivity index (χ3n) is 2.32. The summed E-state index contributed by atoms with van der Waals surface area (Å²) in [5.74, 6) is 0.555. The molecule has 18 heavy (non-hydrogen) atoms. The number of nitrogens with one attached hydrogen (secondary N) is 1. The zero-order valence-electron chi connectivity index (χ0n) is 10.6. The maximum absolute atomic E-state index is 10.5. The van der Waals surface area contributed by atoms with Crippen LogP contribution < -0.4 is 10.2 Å². The van der Waals surface area contributed by atoms with Gasteiger partial charge < -0.3 is 20.1 Å². The van der Waals surface area contributed by atoms with Crippen LogP contribution in [0.3, 0.4) is 0 Å². The van der Waals surface area contributed by atoms with E-state index in [4.69, 9.17) is 9.84 Å². The highest BCUT2D eigenvalue weighted by Gasteiger charge is 2.06. The van der Waals surface area contributed by atoms with Gasteiger partial charge in [0.25, 0.3) is 0 Å². The maximum atomic E-state index is 10.5. The molecule has 0 amide bonds. The molecular weight excluding hydrogens is 236 g/mol. The van der Waals surface area contributed by atoms with Gasteiger partial charge in [0, 0.05) is 33.3 Å². The summed E-state index contributed by atoms with van der Waals surface area (Å²) in [7, 11) is 3.43. The van der Waals surface area contributed by atoms with Crippen molar-refractivity contribution in [2.75, 3.05) is 44.1 Å². The Labute approximate surface area is 106 Å². The van der Waals surface area contributed by atoms with Crippen LogP contribution >= 0.6 is 0 Å². The Morgan fingerprint density at radius 1 is 1.56 bits per heavy atom. The molecule has 0 fully saturated rings. The van der Waals surface area contributed by atoms with Crippen LogP contribution in [0.15, 0.2) is 12.4 Å². The van der Waals surface area contributed by atoms with Gasteiger partial charge in [-0.3, -0.25) is 4.79 Å². The molecule has 7 heteroatoms. The van der Waals surface area contributed by atoms with E-state index < -0.39 is 5.97 Å². The highest BCUT2D eigenvalue weighted by molar-refractivity contribution is 5.67. The van der Waals surface area contributed by atoms with Gasteiger partial charge in [-0.25, -0.2) is 9.97 Å². The Hall–Kier alpha value is -1.89. The number of carboxylic acids is 1. The fourth-order valence-electron chi connectivity index (χ4n) is 1.31. The van der Waals surface area contributed by atoms with E-state index in [0.717, 1.165) is 0 Å². The number of aliphatic carboxylic acids is 1. The number of hydrogen-bond acceptors (Lipinski definition) is 6. The molecule has 2 N–H and O–H groups in total. The first-order valence-corrected chi connectivity index (χ1v) is 5.61. The predicted octanol–water partition coefficient (Wildman–Crippen LogP) is 0.446. The molecule has 0 saturated carbocycles. The lowest BCUT2D eigenvalue weighted by Gasteiger charge is -2.17. The van der Waals surface area contributed by atoms with E-state index in [1.165, 1.54) is 6.33 Å². The molecule has 0 saturated heterocycles. The normalized spacial score (nSPS) is 10.1. The molecule has 1 aromatic heterocycles.